The first-order valence-electron chi connectivity index (χ1n) is 5.06. The van der Waals surface area contributed by atoms with Crippen LogP contribution in [0.2, 0.25) is 0 Å². The molecule has 3 N–H and O–H groups in total. The lowest BCUT2D eigenvalue weighted by molar-refractivity contribution is -0.385. The lowest BCUT2D eigenvalue weighted by Gasteiger charge is -2.10. The summed E-state index contributed by atoms with van der Waals surface area (Å²) >= 11 is 1.33. The number of non-ortho nitro benzene ring substituents is 1. The Kier molecular flexibility index (Phi) is 5.75. The number of hydrogen-bond acceptors (Lipinski definition) is 6. The number of aliphatic hydroxyl groups excluding tert-OH is 2. The Hall–Kier alpha value is -1.31. The van der Waals surface area contributed by atoms with Crippen LogP contribution in [-0.4, -0.2) is 40.6 Å². The summed E-state index contributed by atoms with van der Waals surface area (Å²) in [6.45, 7) is 0.373. The van der Waals surface area contributed by atoms with Gasteiger partial charge >= 0.3 is 0 Å². The van der Waals surface area contributed by atoms with E-state index in [-0.39, 0.29) is 18.9 Å². The zero-order valence-electron chi connectivity index (χ0n) is 9.13. The zero-order chi connectivity index (χ0) is 12.7. The van der Waals surface area contributed by atoms with E-state index in [0.29, 0.717) is 17.2 Å². The third kappa shape index (κ3) is 4.22. The van der Waals surface area contributed by atoms with E-state index in [1.54, 1.807) is 6.07 Å². The average Bonchev–Trinajstić information content (AvgIpc) is 2.34. The Morgan fingerprint density at radius 3 is 2.71 bits per heavy atom. The van der Waals surface area contributed by atoms with E-state index < -0.39 is 4.92 Å². The molecule has 0 aliphatic heterocycles. The van der Waals surface area contributed by atoms with Crippen LogP contribution in [0.3, 0.4) is 0 Å². The summed E-state index contributed by atoms with van der Waals surface area (Å²) in [5.41, 5.74) is 0.739. The molecule has 0 saturated carbocycles. The number of nitro benzene ring substituents is 1. The monoisotopic (exact) mass is 258 g/mol. The van der Waals surface area contributed by atoms with E-state index in [4.69, 9.17) is 10.2 Å². The molecule has 0 spiro atoms. The molecule has 0 bridgehead atoms. The molecule has 6 nitrogen and oxygen atoms in total. The second-order valence-corrected chi connectivity index (χ2v) is 4.30. The standard InChI is InChI=1S/C10H14N2O4S/c13-4-3-11-9-2-1-8(12(15)16)7-10(9)17-6-5-14/h1-2,7,11,13-14H,3-6H2. The van der Waals surface area contributed by atoms with E-state index in [2.05, 4.69) is 5.32 Å². The van der Waals surface area contributed by atoms with E-state index >= 15 is 0 Å². The smallest absolute Gasteiger partial charge is 0.270 e. The lowest BCUT2D eigenvalue weighted by atomic mass is 10.3. The quantitative estimate of drug-likeness (QED) is 0.385. The van der Waals surface area contributed by atoms with Gasteiger partial charge in [-0.05, 0) is 6.07 Å². The highest BCUT2D eigenvalue weighted by molar-refractivity contribution is 7.99. The van der Waals surface area contributed by atoms with E-state index in [1.807, 2.05) is 0 Å². The number of aliphatic hydroxyl groups is 2. The van der Waals surface area contributed by atoms with Crippen LogP contribution in [-0.2, 0) is 0 Å². The summed E-state index contributed by atoms with van der Waals surface area (Å²) in [5, 5.41) is 31.1. The first kappa shape index (κ1) is 13.8. The predicted octanol–water partition coefficient (Wildman–Crippen LogP) is 1.08. The van der Waals surface area contributed by atoms with Crippen LogP contribution in [0.5, 0.6) is 0 Å². The maximum atomic E-state index is 10.6. The average molecular weight is 258 g/mol. The predicted molar refractivity (Wildman–Crippen MR) is 66.5 cm³/mol. The van der Waals surface area contributed by atoms with Gasteiger partial charge in [0, 0.05) is 35.0 Å². The minimum Gasteiger partial charge on any atom is -0.396 e. The van der Waals surface area contributed by atoms with Crippen molar-refractivity contribution in [2.75, 3.05) is 30.8 Å². The molecule has 0 amide bonds. The number of anilines is 1. The molecule has 0 saturated heterocycles. The fourth-order valence-corrected chi connectivity index (χ4v) is 2.05. The number of nitrogens with one attached hydrogen (secondary N) is 1. The molecule has 0 atom stereocenters. The van der Waals surface area contributed by atoms with Crippen LogP contribution in [0.4, 0.5) is 11.4 Å². The van der Waals surface area contributed by atoms with E-state index in [1.165, 1.54) is 23.9 Å². The number of nitro groups is 1. The molecule has 1 aromatic carbocycles. The summed E-state index contributed by atoms with van der Waals surface area (Å²) in [4.78, 5) is 10.9. The van der Waals surface area contributed by atoms with Crippen LogP contribution < -0.4 is 5.32 Å². The molecule has 94 valence electrons. The zero-order valence-corrected chi connectivity index (χ0v) is 9.94. The summed E-state index contributed by atoms with van der Waals surface area (Å²) in [7, 11) is 0. The van der Waals surface area contributed by atoms with Gasteiger partial charge < -0.3 is 15.5 Å². The van der Waals surface area contributed by atoms with E-state index in [9.17, 15) is 10.1 Å². The molecule has 0 aliphatic rings. The summed E-state index contributed by atoms with van der Waals surface area (Å²) in [6, 6.07) is 4.47. The molecule has 17 heavy (non-hydrogen) atoms. The van der Waals surface area contributed by atoms with Gasteiger partial charge in [-0.2, -0.15) is 0 Å². The van der Waals surface area contributed by atoms with Gasteiger partial charge in [-0.15, -0.1) is 11.8 Å². The van der Waals surface area contributed by atoms with Crippen LogP contribution >= 0.6 is 11.8 Å². The topological polar surface area (TPSA) is 95.6 Å². The van der Waals surface area contributed by atoms with Gasteiger partial charge in [-0.3, -0.25) is 10.1 Å². The second kappa shape index (κ2) is 7.10. The summed E-state index contributed by atoms with van der Waals surface area (Å²) < 4.78 is 0. The molecule has 0 aliphatic carbocycles. The minimum atomic E-state index is -0.459. The molecule has 0 aromatic heterocycles. The summed E-state index contributed by atoms with van der Waals surface area (Å²) in [6.07, 6.45) is 0. The van der Waals surface area contributed by atoms with Gasteiger partial charge in [0.2, 0.25) is 0 Å². The third-order valence-electron chi connectivity index (χ3n) is 1.95. The fraction of sp³-hybridized carbons (Fsp3) is 0.400. The van der Waals surface area contributed by atoms with Crippen molar-refractivity contribution in [3.8, 4) is 0 Å². The Morgan fingerprint density at radius 1 is 1.35 bits per heavy atom. The van der Waals surface area contributed by atoms with Crippen molar-refractivity contribution in [3.63, 3.8) is 0 Å². The van der Waals surface area contributed by atoms with Crippen LogP contribution in [0.15, 0.2) is 23.1 Å². The Balaban J connectivity index is 2.90. The van der Waals surface area contributed by atoms with Crippen LogP contribution in [0.25, 0.3) is 0 Å². The fourth-order valence-electron chi connectivity index (χ4n) is 1.24. The highest BCUT2D eigenvalue weighted by Crippen LogP contribution is 2.30. The van der Waals surface area contributed by atoms with Gasteiger partial charge in [0.15, 0.2) is 0 Å². The molecule has 1 aromatic rings. The molecular formula is C10H14N2O4S. The van der Waals surface area contributed by atoms with Crippen molar-refractivity contribution in [1.29, 1.82) is 0 Å². The molecule has 1 rings (SSSR count). The van der Waals surface area contributed by atoms with Gasteiger partial charge in [-0.1, -0.05) is 0 Å². The largest absolute Gasteiger partial charge is 0.396 e. The highest BCUT2D eigenvalue weighted by Gasteiger charge is 2.10. The molecular weight excluding hydrogens is 244 g/mol. The summed E-state index contributed by atoms with van der Waals surface area (Å²) in [5.74, 6) is 0.467. The number of rotatable bonds is 7. The lowest BCUT2D eigenvalue weighted by Crippen LogP contribution is -2.06. The number of thioether (sulfide) groups is 1. The van der Waals surface area contributed by atoms with Gasteiger partial charge in [0.05, 0.1) is 18.1 Å². The normalized spacial score (nSPS) is 10.2. The highest BCUT2D eigenvalue weighted by atomic mass is 32.2. The van der Waals surface area contributed by atoms with Crippen molar-refractivity contribution in [2.24, 2.45) is 0 Å². The second-order valence-electron chi connectivity index (χ2n) is 3.16. The molecule has 0 radical (unpaired) electrons. The minimum absolute atomic E-state index is 0.00674. The van der Waals surface area contributed by atoms with Crippen LogP contribution in [0.1, 0.15) is 0 Å². The van der Waals surface area contributed by atoms with Crippen molar-refractivity contribution in [3.05, 3.63) is 28.3 Å². The van der Waals surface area contributed by atoms with Gasteiger partial charge in [0.1, 0.15) is 0 Å². The molecule has 0 heterocycles. The maximum absolute atomic E-state index is 10.6. The number of hydrogen-bond donors (Lipinski definition) is 3. The van der Waals surface area contributed by atoms with Crippen LogP contribution in [0, 0.1) is 10.1 Å². The number of nitrogens with zero attached hydrogens (tertiary/aromatic N) is 1. The van der Waals surface area contributed by atoms with E-state index in [0.717, 1.165) is 5.69 Å². The number of benzene rings is 1. The maximum Gasteiger partial charge on any atom is 0.270 e. The first-order chi connectivity index (χ1) is 8.19. The Bertz CT molecular complexity index is 387. The van der Waals surface area contributed by atoms with Crippen molar-refractivity contribution >= 4 is 23.1 Å². The van der Waals surface area contributed by atoms with Crippen molar-refractivity contribution in [2.45, 2.75) is 4.90 Å². The third-order valence-corrected chi connectivity index (χ3v) is 2.99. The molecule has 0 fully saturated rings. The van der Waals surface area contributed by atoms with Gasteiger partial charge in [0.25, 0.3) is 5.69 Å². The van der Waals surface area contributed by atoms with Crippen molar-refractivity contribution < 1.29 is 15.1 Å². The Morgan fingerprint density at radius 2 is 2.12 bits per heavy atom. The first-order valence-corrected chi connectivity index (χ1v) is 6.04. The SMILES string of the molecule is O=[N+]([O-])c1ccc(NCCO)c(SCCO)c1. The van der Waals surface area contributed by atoms with Crippen molar-refractivity contribution in [1.82, 2.24) is 0 Å². The molecule has 7 heteroatoms. The molecule has 0 unspecified atom stereocenters. The van der Waals surface area contributed by atoms with Gasteiger partial charge in [-0.25, -0.2) is 0 Å². The Labute approximate surface area is 103 Å².